The van der Waals surface area contributed by atoms with E-state index in [-0.39, 0.29) is 47.2 Å². The van der Waals surface area contributed by atoms with Gasteiger partial charge in [-0.3, -0.25) is 9.79 Å². The first-order valence-corrected chi connectivity index (χ1v) is 9.44. The zero-order valence-electron chi connectivity index (χ0n) is 16.7. The second-order valence-electron chi connectivity index (χ2n) is 7.41. The molecule has 7 heteroatoms. The highest BCUT2D eigenvalue weighted by Crippen LogP contribution is 2.23. The summed E-state index contributed by atoms with van der Waals surface area (Å²) in [6, 6.07) is 6.83. The summed E-state index contributed by atoms with van der Waals surface area (Å²) >= 11 is 0. The molecule has 0 aromatic heterocycles. The largest absolute Gasteiger partial charge is 0.357 e. The van der Waals surface area contributed by atoms with Crippen LogP contribution in [0.15, 0.2) is 29.3 Å². The molecule has 1 aliphatic rings. The van der Waals surface area contributed by atoms with E-state index in [4.69, 9.17) is 4.99 Å². The summed E-state index contributed by atoms with van der Waals surface area (Å²) < 4.78 is 13.2. The zero-order chi connectivity index (χ0) is 19.2. The molecule has 0 saturated carbocycles. The van der Waals surface area contributed by atoms with Crippen molar-refractivity contribution in [1.29, 1.82) is 0 Å². The van der Waals surface area contributed by atoms with Crippen molar-refractivity contribution in [3.63, 3.8) is 0 Å². The number of halogens is 2. The lowest BCUT2D eigenvalue weighted by molar-refractivity contribution is -0.129. The van der Waals surface area contributed by atoms with E-state index < -0.39 is 0 Å². The lowest BCUT2D eigenvalue weighted by Gasteiger charge is -2.24. The number of amides is 1. The Kier molecular flexibility index (Phi) is 9.49. The lowest BCUT2D eigenvalue weighted by Crippen LogP contribution is -2.45. The van der Waals surface area contributed by atoms with E-state index in [0.29, 0.717) is 13.0 Å². The number of carbonyl (C=O) groups excluding carboxylic acids is 1. The normalized spacial score (nSPS) is 17.4. The molecule has 0 aliphatic carbocycles. The molecule has 152 valence electrons. The van der Waals surface area contributed by atoms with E-state index in [2.05, 4.69) is 24.5 Å². The van der Waals surface area contributed by atoms with Gasteiger partial charge in [-0.1, -0.05) is 32.9 Å². The molecule has 0 radical (unpaired) electrons. The Morgan fingerprint density at radius 1 is 1.30 bits per heavy atom. The van der Waals surface area contributed by atoms with Crippen LogP contribution in [-0.2, 0) is 10.2 Å². The van der Waals surface area contributed by atoms with Crippen LogP contribution in [0.5, 0.6) is 0 Å². The molecule has 1 heterocycles. The van der Waals surface area contributed by atoms with Crippen LogP contribution >= 0.6 is 24.0 Å². The predicted molar refractivity (Wildman–Crippen MR) is 119 cm³/mol. The monoisotopic (exact) mass is 490 g/mol. The van der Waals surface area contributed by atoms with E-state index in [9.17, 15) is 9.18 Å². The molecule has 1 amide bonds. The number of rotatable bonds is 6. The maximum absolute atomic E-state index is 13.2. The van der Waals surface area contributed by atoms with Crippen LogP contribution in [0.25, 0.3) is 0 Å². The van der Waals surface area contributed by atoms with Gasteiger partial charge in [-0.05, 0) is 31.0 Å². The van der Waals surface area contributed by atoms with Crippen molar-refractivity contribution in [1.82, 2.24) is 15.5 Å². The second-order valence-corrected chi connectivity index (χ2v) is 7.41. The van der Waals surface area contributed by atoms with Crippen molar-refractivity contribution in [2.24, 2.45) is 4.99 Å². The number of benzene rings is 1. The first kappa shape index (κ1) is 23.7. The van der Waals surface area contributed by atoms with Crippen LogP contribution < -0.4 is 10.6 Å². The fraction of sp³-hybridized carbons (Fsp3) is 0.600. The molecule has 1 aromatic rings. The standard InChI is InChI=1S/C20H31FN4O.HI/c1-5-18(26)25-12-11-17(13-25)24-19(22-6-2)23-14-20(3,4)15-7-9-16(21)10-8-15;/h7-10,17H,5-6,11-14H2,1-4H3,(H2,22,23,24);1H. The van der Waals surface area contributed by atoms with Gasteiger partial charge in [0, 0.05) is 37.5 Å². The molecule has 5 nitrogen and oxygen atoms in total. The van der Waals surface area contributed by atoms with Crippen LogP contribution in [0, 0.1) is 5.82 Å². The molecule has 0 bridgehead atoms. The molecule has 1 saturated heterocycles. The van der Waals surface area contributed by atoms with Gasteiger partial charge in [0.2, 0.25) is 5.91 Å². The van der Waals surface area contributed by atoms with Crippen molar-refractivity contribution in [3.8, 4) is 0 Å². The SMILES string of the molecule is CCNC(=NCC(C)(C)c1ccc(F)cc1)NC1CCN(C(=O)CC)C1.I. The average Bonchev–Trinajstić information content (AvgIpc) is 3.08. The smallest absolute Gasteiger partial charge is 0.222 e. The molecular weight excluding hydrogens is 458 g/mol. The van der Waals surface area contributed by atoms with Crippen LogP contribution in [0.3, 0.4) is 0 Å². The molecule has 1 atom stereocenters. The highest BCUT2D eigenvalue weighted by Gasteiger charge is 2.26. The summed E-state index contributed by atoms with van der Waals surface area (Å²) in [7, 11) is 0. The minimum absolute atomic E-state index is 0. The number of likely N-dealkylation sites (tertiary alicyclic amines) is 1. The quantitative estimate of drug-likeness (QED) is 0.366. The summed E-state index contributed by atoms with van der Waals surface area (Å²) in [4.78, 5) is 18.5. The van der Waals surface area contributed by atoms with E-state index in [1.54, 1.807) is 0 Å². The Bertz CT molecular complexity index is 633. The van der Waals surface area contributed by atoms with Gasteiger partial charge in [-0.2, -0.15) is 0 Å². The third kappa shape index (κ3) is 6.93. The highest BCUT2D eigenvalue weighted by atomic mass is 127. The summed E-state index contributed by atoms with van der Waals surface area (Å²) in [5.74, 6) is 0.739. The summed E-state index contributed by atoms with van der Waals surface area (Å²) in [5.41, 5.74) is 0.856. The number of nitrogens with zero attached hydrogens (tertiary/aromatic N) is 2. The molecule has 1 unspecified atom stereocenters. The lowest BCUT2D eigenvalue weighted by atomic mass is 9.85. The Labute approximate surface area is 179 Å². The van der Waals surface area contributed by atoms with Crippen molar-refractivity contribution < 1.29 is 9.18 Å². The minimum Gasteiger partial charge on any atom is -0.357 e. The molecule has 0 spiro atoms. The van der Waals surface area contributed by atoms with Gasteiger partial charge in [0.05, 0.1) is 6.54 Å². The van der Waals surface area contributed by atoms with Gasteiger partial charge in [-0.15, -0.1) is 24.0 Å². The molecular formula is C20H32FIN4O. The van der Waals surface area contributed by atoms with Crippen molar-refractivity contribution in [2.45, 2.75) is 52.0 Å². The third-order valence-electron chi connectivity index (χ3n) is 4.79. The van der Waals surface area contributed by atoms with E-state index in [1.165, 1.54) is 12.1 Å². The highest BCUT2D eigenvalue weighted by molar-refractivity contribution is 14.0. The van der Waals surface area contributed by atoms with Crippen molar-refractivity contribution >= 4 is 35.8 Å². The van der Waals surface area contributed by atoms with Gasteiger partial charge in [-0.25, -0.2) is 4.39 Å². The number of hydrogen-bond donors (Lipinski definition) is 2. The maximum atomic E-state index is 13.2. The molecule has 1 aromatic carbocycles. The van der Waals surface area contributed by atoms with Crippen LogP contribution in [0.2, 0.25) is 0 Å². The number of carbonyl (C=O) groups is 1. The zero-order valence-corrected chi connectivity index (χ0v) is 19.0. The Morgan fingerprint density at radius 2 is 1.96 bits per heavy atom. The van der Waals surface area contributed by atoms with Crippen LogP contribution in [0.4, 0.5) is 4.39 Å². The van der Waals surface area contributed by atoms with Gasteiger partial charge in [0.15, 0.2) is 5.96 Å². The number of guanidine groups is 1. The number of hydrogen-bond acceptors (Lipinski definition) is 2. The van der Waals surface area contributed by atoms with E-state index in [1.807, 2.05) is 30.9 Å². The minimum atomic E-state index is -0.226. The molecule has 2 N–H and O–H groups in total. The molecule has 27 heavy (non-hydrogen) atoms. The van der Waals surface area contributed by atoms with Crippen LogP contribution in [-0.4, -0.2) is 49.0 Å². The van der Waals surface area contributed by atoms with Gasteiger partial charge >= 0.3 is 0 Å². The molecule has 1 fully saturated rings. The Hall–Kier alpha value is -1.38. The molecule has 1 aliphatic heterocycles. The van der Waals surface area contributed by atoms with Gasteiger partial charge < -0.3 is 15.5 Å². The van der Waals surface area contributed by atoms with Crippen molar-refractivity contribution in [2.75, 3.05) is 26.2 Å². The first-order chi connectivity index (χ1) is 12.4. The van der Waals surface area contributed by atoms with E-state index in [0.717, 1.165) is 37.6 Å². The van der Waals surface area contributed by atoms with Gasteiger partial charge in [0.25, 0.3) is 0 Å². The Morgan fingerprint density at radius 3 is 2.56 bits per heavy atom. The summed E-state index contributed by atoms with van der Waals surface area (Å²) in [6.45, 7) is 11.0. The third-order valence-corrected chi connectivity index (χ3v) is 4.79. The average molecular weight is 490 g/mol. The first-order valence-electron chi connectivity index (χ1n) is 9.44. The van der Waals surface area contributed by atoms with E-state index >= 15 is 0 Å². The summed E-state index contributed by atoms with van der Waals surface area (Å²) in [6.07, 6.45) is 1.48. The van der Waals surface area contributed by atoms with Crippen LogP contribution in [0.1, 0.15) is 46.1 Å². The fourth-order valence-corrected chi connectivity index (χ4v) is 3.11. The Balaban J connectivity index is 0.00000364. The number of aliphatic imine (C=N–C) groups is 1. The van der Waals surface area contributed by atoms with Crippen molar-refractivity contribution in [3.05, 3.63) is 35.6 Å². The fourth-order valence-electron chi connectivity index (χ4n) is 3.11. The summed E-state index contributed by atoms with van der Waals surface area (Å²) in [5, 5.41) is 6.72. The molecule has 2 rings (SSSR count). The van der Waals surface area contributed by atoms with Gasteiger partial charge in [0.1, 0.15) is 5.82 Å². The predicted octanol–water partition coefficient (Wildman–Crippen LogP) is 3.29. The number of nitrogens with one attached hydrogen (secondary N) is 2. The topological polar surface area (TPSA) is 56.7 Å². The second kappa shape index (κ2) is 10.8. The maximum Gasteiger partial charge on any atom is 0.222 e.